The molecule has 1 heterocycles. The molecule has 1 aromatic heterocycles. The molecule has 3 aromatic rings. The van der Waals surface area contributed by atoms with Gasteiger partial charge in [-0.25, -0.2) is 0 Å². The molecule has 0 aliphatic rings. The van der Waals surface area contributed by atoms with Crippen molar-refractivity contribution in [2.45, 2.75) is 13.1 Å². The molecule has 28 heavy (non-hydrogen) atoms. The van der Waals surface area contributed by atoms with Crippen LogP contribution in [0.15, 0.2) is 36.4 Å². The monoisotopic (exact) mass is 392 g/mol. The summed E-state index contributed by atoms with van der Waals surface area (Å²) >= 11 is 0. The van der Waals surface area contributed by atoms with E-state index in [4.69, 9.17) is 14.2 Å². The molecule has 0 saturated carbocycles. The van der Waals surface area contributed by atoms with E-state index in [9.17, 15) is 13.2 Å². The van der Waals surface area contributed by atoms with E-state index in [-0.39, 0.29) is 5.52 Å². The molecular weight excluding hydrogens is 373 g/mol. The predicted molar refractivity (Wildman–Crippen MR) is 101 cm³/mol. The quantitative estimate of drug-likeness (QED) is 0.636. The molecule has 0 radical (unpaired) electrons. The van der Waals surface area contributed by atoms with Crippen LogP contribution in [0.4, 0.5) is 24.5 Å². The van der Waals surface area contributed by atoms with Crippen LogP contribution >= 0.6 is 0 Å². The Balaban J connectivity index is 2.10. The second-order valence-corrected chi connectivity index (χ2v) is 6.08. The number of pyridine rings is 1. The molecule has 0 atom stereocenters. The van der Waals surface area contributed by atoms with Crippen molar-refractivity contribution >= 4 is 22.3 Å². The van der Waals surface area contributed by atoms with Crippen LogP contribution in [0.2, 0.25) is 0 Å². The Labute approximate surface area is 160 Å². The molecule has 0 aliphatic heterocycles. The van der Waals surface area contributed by atoms with Crippen LogP contribution in [0.3, 0.4) is 0 Å². The lowest BCUT2D eigenvalue weighted by atomic mass is 10.1. The zero-order valence-corrected chi connectivity index (χ0v) is 15.8. The van der Waals surface area contributed by atoms with Gasteiger partial charge in [0.2, 0.25) is 5.75 Å². The lowest BCUT2D eigenvalue weighted by molar-refractivity contribution is -0.137. The Bertz CT molecular complexity index is 994. The summed E-state index contributed by atoms with van der Waals surface area (Å²) in [5, 5.41) is 3.77. The molecule has 0 unspecified atom stereocenters. The number of aryl methyl sites for hydroxylation is 1. The number of methoxy groups -OCH3 is 3. The van der Waals surface area contributed by atoms with Crippen LogP contribution in [0.5, 0.6) is 17.2 Å². The molecule has 1 N–H and O–H groups in total. The maximum Gasteiger partial charge on any atom is 0.416 e. The number of benzene rings is 2. The van der Waals surface area contributed by atoms with Crippen LogP contribution in [0.1, 0.15) is 11.3 Å². The number of halogens is 3. The van der Waals surface area contributed by atoms with Crippen LogP contribution in [-0.4, -0.2) is 26.3 Å². The van der Waals surface area contributed by atoms with Crippen molar-refractivity contribution in [2.75, 3.05) is 26.6 Å². The highest BCUT2D eigenvalue weighted by molar-refractivity contribution is 5.94. The highest BCUT2D eigenvalue weighted by Gasteiger charge is 2.30. The SMILES string of the molecule is COc1cc(Nc2cc(C)nc3cc(C(F)(F)F)ccc23)cc(OC)c1OC. The standard InChI is InChI=1S/C20H19F3N2O3/c1-11-7-15(14-6-5-12(20(21,22)23)8-16(14)24-11)25-13-9-17(26-2)19(28-4)18(10-13)27-3/h5-10H,1-4H3,(H,24,25). The molecule has 0 amide bonds. The number of nitrogens with zero attached hydrogens (tertiary/aromatic N) is 1. The maximum atomic E-state index is 13.0. The minimum atomic E-state index is -4.43. The molecule has 0 aliphatic carbocycles. The van der Waals surface area contributed by atoms with Crippen molar-refractivity contribution < 1.29 is 27.4 Å². The number of fused-ring (bicyclic) bond motifs is 1. The van der Waals surface area contributed by atoms with Gasteiger partial charge in [0.25, 0.3) is 0 Å². The maximum absolute atomic E-state index is 13.0. The fourth-order valence-electron chi connectivity index (χ4n) is 2.95. The van der Waals surface area contributed by atoms with E-state index >= 15 is 0 Å². The summed E-state index contributed by atoms with van der Waals surface area (Å²) in [5.41, 5.74) is 1.34. The molecule has 5 nitrogen and oxygen atoms in total. The van der Waals surface area contributed by atoms with Gasteiger partial charge in [0.15, 0.2) is 11.5 Å². The van der Waals surface area contributed by atoms with Crippen molar-refractivity contribution in [2.24, 2.45) is 0 Å². The first-order valence-electron chi connectivity index (χ1n) is 8.32. The first kappa shape index (κ1) is 19.6. The van der Waals surface area contributed by atoms with Crippen LogP contribution in [0.25, 0.3) is 10.9 Å². The normalized spacial score (nSPS) is 11.4. The molecule has 148 valence electrons. The topological polar surface area (TPSA) is 52.6 Å². The minimum Gasteiger partial charge on any atom is -0.493 e. The fourth-order valence-corrected chi connectivity index (χ4v) is 2.95. The van der Waals surface area contributed by atoms with Gasteiger partial charge in [-0.3, -0.25) is 4.98 Å². The average molecular weight is 392 g/mol. The van der Waals surface area contributed by atoms with E-state index in [0.29, 0.717) is 39.7 Å². The summed E-state index contributed by atoms with van der Waals surface area (Å²) in [5.74, 6) is 1.36. The molecule has 0 spiro atoms. The Morgan fingerprint density at radius 1 is 0.893 bits per heavy atom. The number of anilines is 2. The number of rotatable bonds is 5. The minimum absolute atomic E-state index is 0.254. The summed E-state index contributed by atoms with van der Waals surface area (Å²) in [7, 11) is 4.52. The zero-order chi connectivity index (χ0) is 20.5. The van der Waals surface area contributed by atoms with E-state index < -0.39 is 11.7 Å². The van der Waals surface area contributed by atoms with Gasteiger partial charge in [-0.05, 0) is 25.1 Å². The highest BCUT2D eigenvalue weighted by atomic mass is 19.4. The van der Waals surface area contributed by atoms with Gasteiger partial charge >= 0.3 is 6.18 Å². The Kier molecular flexibility index (Phi) is 5.22. The smallest absolute Gasteiger partial charge is 0.416 e. The Hall–Kier alpha value is -3.16. The number of hydrogen-bond acceptors (Lipinski definition) is 5. The van der Waals surface area contributed by atoms with Crippen molar-refractivity contribution in [3.63, 3.8) is 0 Å². The number of nitrogens with one attached hydrogen (secondary N) is 1. The third kappa shape index (κ3) is 3.76. The molecular formula is C20H19F3N2O3. The first-order valence-corrected chi connectivity index (χ1v) is 8.32. The van der Waals surface area contributed by atoms with Gasteiger partial charge < -0.3 is 19.5 Å². The summed E-state index contributed by atoms with van der Waals surface area (Å²) in [6, 6.07) is 8.69. The summed E-state index contributed by atoms with van der Waals surface area (Å²) in [4.78, 5) is 4.24. The van der Waals surface area contributed by atoms with Gasteiger partial charge in [-0.1, -0.05) is 6.07 Å². The van der Waals surface area contributed by atoms with Gasteiger partial charge in [0.05, 0.1) is 32.4 Å². The molecule has 8 heteroatoms. The van der Waals surface area contributed by atoms with Gasteiger partial charge in [0.1, 0.15) is 0 Å². The Morgan fingerprint density at radius 3 is 2.07 bits per heavy atom. The number of alkyl halides is 3. The van der Waals surface area contributed by atoms with E-state index in [1.54, 1.807) is 25.1 Å². The van der Waals surface area contributed by atoms with E-state index in [0.717, 1.165) is 12.1 Å². The van der Waals surface area contributed by atoms with Crippen LogP contribution in [0, 0.1) is 6.92 Å². The fraction of sp³-hybridized carbons (Fsp3) is 0.250. The molecule has 2 aromatic carbocycles. The predicted octanol–water partition coefficient (Wildman–Crippen LogP) is 5.33. The third-order valence-electron chi connectivity index (χ3n) is 4.21. The highest BCUT2D eigenvalue weighted by Crippen LogP contribution is 2.41. The second-order valence-electron chi connectivity index (χ2n) is 6.08. The largest absolute Gasteiger partial charge is 0.493 e. The first-order chi connectivity index (χ1) is 13.3. The van der Waals surface area contributed by atoms with Crippen molar-refractivity contribution in [3.05, 3.63) is 47.7 Å². The third-order valence-corrected chi connectivity index (χ3v) is 4.21. The van der Waals surface area contributed by atoms with Crippen LogP contribution in [-0.2, 0) is 6.18 Å². The lowest BCUT2D eigenvalue weighted by Crippen LogP contribution is -2.05. The number of ether oxygens (including phenoxy) is 3. The zero-order valence-electron chi connectivity index (χ0n) is 15.8. The van der Waals surface area contributed by atoms with Crippen molar-refractivity contribution in [1.82, 2.24) is 4.98 Å². The average Bonchev–Trinajstić information content (AvgIpc) is 2.65. The van der Waals surface area contributed by atoms with E-state index in [1.165, 1.54) is 27.4 Å². The number of aromatic nitrogens is 1. The van der Waals surface area contributed by atoms with E-state index in [2.05, 4.69) is 10.3 Å². The summed E-state index contributed by atoms with van der Waals surface area (Å²) in [6.45, 7) is 1.72. The Morgan fingerprint density at radius 2 is 1.54 bits per heavy atom. The van der Waals surface area contributed by atoms with Crippen molar-refractivity contribution in [1.29, 1.82) is 0 Å². The lowest BCUT2D eigenvalue weighted by Gasteiger charge is -2.16. The summed E-state index contributed by atoms with van der Waals surface area (Å²) < 4.78 is 55.0. The van der Waals surface area contributed by atoms with E-state index in [1.807, 2.05) is 0 Å². The number of hydrogen-bond donors (Lipinski definition) is 1. The second kappa shape index (κ2) is 7.46. The summed E-state index contributed by atoms with van der Waals surface area (Å²) in [6.07, 6.45) is -4.43. The molecule has 0 bridgehead atoms. The van der Waals surface area contributed by atoms with Gasteiger partial charge in [-0.2, -0.15) is 13.2 Å². The molecule has 3 rings (SSSR count). The van der Waals surface area contributed by atoms with Gasteiger partial charge in [-0.15, -0.1) is 0 Å². The van der Waals surface area contributed by atoms with Crippen molar-refractivity contribution in [3.8, 4) is 17.2 Å². The van der Waals surface area contributed by atoms with Crippen LogP contribution < -0.4 is 19.5 Å². The molecule has 0 fully saturated rings. The van der Waals surface area contributed by atoms with Gasteiger partial charge in [0, 0.05) is 34.6 Å². The molecule has 0 saturated heterocycles.